The SMILES string of the molecule is Cc1ccc(Nc2ccc([C@H]3C[C@@H]3N)cn2)cc1. The first-order valence-electron chi connectivity index (χ1n) is 6.27. The Labute approximate surface area is 107 Å². The highest BCUT2D eigenvalue weighted by Crippen LogP contribution is 2.38. The second kappa shape index (κ2) is 4.42. The molecule has 0 spiro atoms. The van der Waals surface area contributed by atoms with E-state index in [1.165, 1.54) is 11.1 Å². The number of nitrogens with zero attached hydrogens (tertiary/aromatic N) is 1. The Bertz CT molecular complexity index is 531. The number of anilines is 2. The first-order chi connectivity index (χ1) is 8.72. The van der Waals surface area contributed by atoms with Crippen molar-refractivity contribution in [2.45, 2.75) is 25.3 Å². The Morgan fingerprint density at radius 2 is 1.89 bits per heavy atom. The summed E-state index contributed by atoms with van der Waals surface area (Å²) in [5.41, 5.74) is 9.39. The molecule has 2 atom stereocenters. The van der Waals surface area contributed by atoms with Gasteiger partial charge in [-0.1, -0.05) is 23.8 Å². The van der Waals surface area contributed by atoms with Gasteiger partial charge in [-0.15, -0.1) is 0 Å². The number of benzene rings is 1. The van der Waals surface area contributed by atoms with Gasteiger partial charge in [-0.3, -0.25) is 0 Å². The molecule has 3 rings (SSSR count). The second-order valence-corrected chi connectivity index (χ2v) is 4.97. The summed E-state index contributed by atoms with van der Waals surface area (Å²) >= 11 is 0. The van der Waals surface area contributed by atoms with Crippen LogP contribution in [0.3, 0.4) is 0 Å². The van der Waals surface area contributed by atoms with Crippen molar-refractivity contribution in [3.05, 3.63) is 53.7 Å². The smallest absolute Gasteiger partial charge is 0.130 e. The van der Waals surface area contributed by atoms with Crippen molar-refractivity contribution in [1.29, 1.82) is 0 Å². The maximum Gasteiger partial charge on any atom is 0.130 e. The van der Waals surface area contributed by atoms with Gasteiger partial charge in [-0.2, -0.15) is 0 Å². The zero-order chi connectivity index (χ0) is 12.5. The fourth-order valence-corrected chi connectivity index (χ4v) is 2.08. The molecule has 18 heavy (non-hydrogen) atoms. The van der Waals surface area contributed by atoms with Gasteiger partial charge in [0.15, 0.2) is 0 Å². The highest BCUT2D eigenvalue weighted by molar-refractivity contribution is 5.56. The maximum absolute atomic E-state index is 5.83. The monoisotopic (exact) mass is 239 g/mol. The molecule has 0 amide bonds. The van der Waals surface area contributed by atoms with Crippen LogP contribution in [-0.2, 0) is 0 Å². The van der Waals surface area contributed by atoms with Crippen LogP contribution < -0.4 is 11.1 Å². The highest BCUT2D eigenvalue weighted by Gasteiger charge is 2.34. The molecular weight excluding hydrogens is 222 g/mol. The summed E-state index contributed by atoms with van der Waals surface area (Å²) in [4.78, 5) is 4.43. The van der Waals surface area contributed by atoms with Crippen LogP contribution in [0, 0.1) is 6.92 Å². The summed E-state index contributed by atoms with van der Waals surface area (Å²) in [5.74, 6) is 1.39. The van der Waals surface area contributed by atoms with E-state index in [0.29, 0.717) is 12.0 Å². The quantitative estimate of drug-likeness (QED) is 0.865. The number of rotatable bonds is 3. The summed E-state index contributed by atoms with van der Waals surface area (Å²) < 4.78 is 0. The van der Waals surface area contributed by atoms with Crippen molar-refractivity contribution in [3.8, 4) is 0 Å². The van der Waals surface area contributed by atoms with Gasteiger partial charge >= 0.3 is 0 Å². The molecule has 0 unspecified atom stereocenters. The molecule has 0 radical (unpaired) electrons. The number of aryl methyl sites for hydroxylation is 1. The van der Waals surface area contributed by atoms with Gasteiger partial charge in [0.05, 0.1) is 0 Å². The Balaban J connectivity index is 1.71. The predicted octanol–water partition coefficient (Wildman–Crippen LogP) is 2.95. The fourth-order valence-electron chi connectivity index (χ4n) is 2.08. The number of aromatic nitrogens is 1. The van der Waals surface area contributed by atoms with Crippen molar-refractivity contribution in [2.24, 2.45) is 5.73 Å². The molecule has 1 aromatic heterocycles. The molecule has 1 aromatic carbocycles. The van der Waals surface area contributed by atoms with Crippen molar-refractivity contribution < 1.29 is 0 Å². The second-order valence-electron chi connectivity index (χ2n) is 4.97. The van der Waals surface area contributed by atoms with Crippen LogP contribution in [0.1, 0.15) is 23.5 Å². The number of nitrogens with one attached hydrogen (secondary N) is 1. The molecule has 92 valence electrons. The largest absolute Gasteiger partial charge is 0.340 e. The molecule has 3 heteroatoms. The summed E-state index contributed by atoms with van der Waals surface area (Å²) in [5, 5.41) is 3.29. The van der Waals surface area contributed by atoms with E-state index in [-0.39, 0.29) is 0 Å². The van der Waals surface area contributed by atoms with Gasteiger partial charge in [0, 0.05) is 23.8 Å². The zero-order valence-electron chi connectivity index (χ0n) is 10.4. The van der Waals surface area contributed by atoms with E-state index in [1.54, 1.807) is 0 Å². The molecule has 1 saturated carbocycles. The molecule has 1 aliphatic carbocycles. The Morgan fingerprint density at radius 1 is 1.17 bits per heavy atom. The minimum atomic E-state index is 0.336. The summed E-state index contributed by atoms with van der Waals surface area (Å²) in [6, 6.07) is 12.7. The van der Waals surface area contributed by atoms with Gasteiger partial charge in [-0.25, -0.2) is 4.98 Å². The normalized spacial score (nSPS) is 21.7. The lowest BCUT2D eigenvalue weighted by molar-refractivity contribution is 0.981. The van der Waals surface area contributed by atoms with Crippen molar-refractivity contribution >= 4 is 11.5 Å². The number of nitrogens with two attached hydrogens (primary N) is 1. The van der Waals surface area contributed by atoms with Gasteiger partial charge < -0.3 is 11.1 Å². The fraction of sp³-hybridized carbons (Fsp3) is 0.267. The maximum atomic E-state index is 5.83. The minimum absolute atomic E-state index is 0.336. The van der Waals surface area contributed by atoms with Crippen LogP contribution in [0.5, 0.6) is 0 Å². The molecular formula is C15H17N3. The van der Waals surface area contributed by atoms with Crippen LogP contribution in [0.4, 0.5) is 11.5 Å². The summed E-state index contributed by atoms with van der Waals surface area (Å²) in [6.45, 7) is 2.08. The third-order valence-electron chi connectivity index (χ3n) is 3.38. The van der Waals surface area contributed by atoms with E-state index in [9.17, 15) is 0 Å². The third-order valence-corrected chi connectivity index (χ3v) is 3.38. The lowest BCUT2D eigenvalue weighted by atomic mass is 10.2. The highest BCUT2D eigenvalue weighted by atomic mass is 15.0. The van der Waals surface area contributed by atoms with E-state index < -0.39 is 0 Å². The van der Waals surface area contributed by atoms with E-state index >= 15 is 0 Å². The molecule has 0 saturated heterocycles. The topological polar surface area (TPSA) is 50.9 Å². The average molecular weight is 239 g/mol. The minimum Gasteiger partial charge on any atom is -0.340 e. The Kier molecular flexibility index (Phi) is 2.76. The van der Waals surface area contributed by atoms with E-state index in [4.69, 9.17) is 5.73 Å². The molecule has 1 aliphatic rings. The molecule has 0 aliphatic heterocycles. The standard InChI is InChI=1S/C15H17N3/c1-10-2-5-12(6-3-10)18-15-7-4-11(9-17-15)13-8-14(13)16/h2-7,9,13-14H,8,16H2,1H3,(H,17,18)/t13-,14+/m1/s1. The van der Waals surface area contributed by atoms with Crippen LogP contribution in [0.2, 0.25) is 0 Å². The average Bonchev–Trinajstić information content (AvgIpc) is 3.10. The molecule has 2 aromatic rings. The number of hydrogen-bond acceptors (Lipinski definition) is 3. The van der Waals surface area contributed by atoms with Crippen LogP contribution in [-0.4, -0.2) is 11.0 Å². The number of pyridine rings is 1. The molecule has 3 N–H and O–H groups in total. The van der Waals surface area contributed by atoms with Crippen molar-refractivity contribution in [1.82, 2.24) is 4.98 Å². The lowest BCUT2D eigenvalue weighted by Crippen LogP contribution is -2.01. The Morgan fingerprint density at radius 3 is 2.44 bits per heavy atom. The van der Waals surface area contributed by atoms with E-state index in [2.05, 4.69) is 47.6 Å². The summed E-state index contributed by atoms with van der Waals surface area (Å²) in [6.07, 6.45) is 3.01. The van der Waals surface area contributed by atoms with Gasteiger partial charge in [0.2, 0.25) is 0 Å². The predicted molar refractivity (Wildman–Crippen MR) is 74.0 cm³/mol. The van der Waals surface area contributed by atoms with Crippen molar-refractivity contribution in [2.75, 3.05) is 5.32 Å². The molecule has 1 heterocycles. The first kappa shape index (κ1) is 11.2. The zero-order valence-corrected chi connectivity index (χ0v) is 10.4. The van der Waals surface area contributed by atoms with Crippen LogP contribution >= 0.6 is 0 Å². The van der Waals surface area contributed by atoms with Crippen molar-refractivity contribution in [3.63, 3.8) is 0 Å². The van der Waals surface area contributed by atoms with Gasteiger partial charge in [0.1, 0.15) is 5.82 Å². The third kappa shape index (κ3) is 2.36. The van der Waals surface area contributed by atoms with E-state index in [0.717, 1.165) is 17.9 Å². The number of hydrogen-bond donors (Lipinski definition) is 2. The molecule has 1 fully saturated rings. The Hall–Kier alpha value is -1.87. The molecule has 0 bridgehead atoms. The first-order valence-corrected chi connectivity index (χ1v) is 6.27. The van der Waals surface area contributed by atoms with Crippen LogP contribution in [0.25, 0.3) is 0 Å². The van der Waals surface area contributed by atoms with E-state index in [1.807, 2.05) is 12.3 Å². The van der Waals surface area contributed by atoms with Crippen LogP contribution in [0.15, 0.2) is 42.6 Å². The lowest BCUT2D eigenvalue weighted by Gasteiger charge is -2.06. The van der Waals surface area contributed by atoms with Gasteiger partial charge in [0.25, 0.3) is 0 Å². The summed E-state index contributed by atoms with van der Waals surface area (Å²) in [7, 11) is 0. The van der Waals surface area contributed by atoms with Gasteiger partial charge in [-0.05, 0) is 37.1 Å². The molecule has 3 nitrogen and oxygen atoms in total.